The summed E-state index contributed by atoms with van der Waals surface area (Å²) in [5.41, 5.74) is 6.01. The van der Waals surface area contributed by atoms with Crippen molar-refractivity contribution >= 4 is 12.1 Å². The lowest BCUT2D eigenvalue weighted by atomic mass is 10.2. The Kier molecular flexibility index (Phi) is 3.47. The van der Waals surface area contributed by atoms with Crippen LogP contribution in [0.5, 0.6) is 0 Å². The summed E-state index contributed by atoms with van der Waals surface area (Å²) in [5.74, 6) is -0.0269. The third-order valence-corrected chi connectivity index (χ3v) is 1.61. The van der Waals surface area contributed by atoms with Crippen LogP contribution < -0.4 is 11.1 Å². The second kappa shape index (κ2) is 4.66. The van der Waals surface area contributed by atoms with Gasteiger partial charge in [-0.3, -0.25) is 9.79 Å². The van der Waals surface area contributed by atoms with Gasteiger partial charge in [-0.1, -0.05) is 0 Å². The summed E-state index contributed by atoms with van der Waals surface area (Å²) in [5, 5.41) is 2.76. The maximum Gasteiger partial charge on any atom is 0.249 e. The first-order valence-electron chi connectivity index (χ1n) is 4.03. The molecule has 1 rings (SSSR count). The van der Waals surface area contributed by atoms with E-state index in [1.807, 2.05) is 0 Å². The van der Waals surface area contributed by atoms with Gasteiger partial charge >= 0.3 is 0 Å². The highest BCUT2D eigenvalue weighted by atomic mass is 16.1. The van der Waals surface area contributed by atoms with Crippen molar-refractivity contribution in [3.05, 3.63) is 11.8 Å². The molecular weight excluding hydrogens is 154 g/mol. The van der Waals surface area contributed by atoms with Crippen molar-refractivity contribution in [2.45, 2.75) is 12.8 Å². The van der Waals surface area contributed by atoms with E-state index in [1.165, 1.54) is 0 Å². The molecule has 0 spiro atoms. The molecule has 0 saturated carbocycles. The third-order valence-electron chi connectivity index (χ3n) is 1.61. The minimum atomic E-state index is -0.0269. The average Bonchev–Trinajstić information content (AvgIpc) is 2.56. The van der Waals surface area contributed by atoms with Crippen molar-refractivity contribution in [3.8, 4) is 0 Å². The fourth-order valence-electron chi connectivity index (χ4n) is 0.915. The molecule has 3 N–H and O–H groups in total. The van der Waals surface area contributed by atoms with Gasteiger partial charge in [0.2, 0.25) is 5.91 Å². The largest absolute Gasteiger partial charge is 0.352 e. The molecule has 0 aromatic heterocycles. The van der Waals surface area contributed by atoms with E-state index in [4.69, 9.17) is 5.73 Å². The molecule has 0 aromatic rings. The Hall–Kier alpha value is -1.16. The summed E-state index contributed by atoms with van der Waals surface area (Å²) in [4.78, 5) is 15.1. The van der Waals surface area contributed by atoms with E-state index >= 15 is 0 Å². The van der Waals surface area contributed by atoms with Crippen molar-refractivity contribution < 1.29 is 4.79 Å². The van der Waals surface area contributed by atoms with Gasteiger partial charge in [0.1, 0.15) is 0 Å². The van der Waals surface area contributed by atoms with Gasteiger partial charge in [0.05, 0.1) is 0 Å². The summed E-state index contributed by atoms with van der Waals surface area (Å²) in [6, 6.07) is 0. The second-order valence-corrected chi connectivity index (χ2v) is 2.59. The quantitative estimate of drug-likeness (QED) is 0.570. The zero-order chi connectivity index (χ0) is 8.81. The molecule has 1 aliphatic rings. The van der Waals surface area contributed by atoms with E-state index < -0.39 is 0 Å². The molecule has 12 heavy (non-hydrogen) atoms. The number of amides is 1. The van der Waals surface area contributed by atoms with Crippen LogP contribution in [0.4, 0.5) is 0 Å². The molecule has 0 bridgehead atoms. The molecule has 0 radical (unpaired) electrons. The average molecular weight is 167 g/mol. The number of nitrogens with zero attached hydrogens (tertiary/aromatic N) is 1. The van der Waals surface area contributed by atoms with Crippen molar-refractivity contribution in [1.29, 1.82) is 0 Å². The van der Waals surface area contributed by atoms with Crippen molar-refractivity contribution in [2.75, 3.05) is 13.1 Å². The van der Waals surface area contributed by atoms with Crippen LogP contribution in [0.15, 0.2) is 16.8 Å². The van der Waals surface area contributed by atoms with Gasteiger partial charge in [-0.25, -0.2) is 0 Å². The molecule has 1 amide bonds. The summed E-state index contributed by atoms with van der Waals surface area (Å²) >= 11 is 0. The first-order valence-corrected chi connectivity index (χ1v) is 4.03. The van der Waals surface area contributed by atoms with Crippen LogP contribution in [0.1, 0.15) is 12.8 Å². The molecule has 4 heteroatoms. The van der Waals surface area contributed by atoms with Crippen molar-refractivity contribution in [3.63, 3.8) is 0 Å². The van der Waals surface area contributed by atoms with Gasteiger partial charge in [0.15, 0.2) is 0 Å². The highest BCUT2D eigenvalue weighted by Crippen LogP contribution is 2.05. The van der Waals surface area contributed by atoms with Crippen molar-refractivity contribution in [1.82, 2.24) is 5.32 Å². The highest BCUT2D eigenvalue weighted by Gasteiger charge is 2.09. The minimum absolute atomic E-state index is 0.0269. The smallest absolute Gasteiger partial charge is 0.249 e. The number of hydrogen-bond donors (Lipinski definition) is 2. The van der Waals surface area contributed by atoms with Gasteiger partial charge < -0.3 is 11.1 Å². The number of carbonyl (C=O) groups is 1. The monoisotopic (exact) mass is 167 g/mol. The van der Waals surface area contributed by atoms with E-state index in [1.54, 1.807) is 12.4 Å². The number of nitrogens with one attached hydrogen (secondary N) is 1. The second-order valence-electron chi connectivity index (χ2n) is 2.59. The van der Waals surface area contributed by atoms with Crippen LogP contribution in [0, 0.1) is 0 Å². The Bertz CT molecular complexity index is 220. The highest BCUT2D eigenvalue weighted by molar-refractivity contribution is 5.97. The van der Waals surface area contributed by atoms with Gasteiger partial charge in [0.25, 0.3) is 0 Å². The van der Waals surface area contributed by atoms with Gasteiger partial charge in [-0.15, -0.1) is 0 Å². The lowest BCUT2D eigenvalue weighted by Crippen LogP contribution is -2.27. The standard InChI is InChI=1S/C8H13N3O/c9-3-1-4-11-8(12)7-2-5-10-6-7/h5-6H,1-4,9H2,(H,11,12). The SMILES string of the molecule is NCCCNC(=O)C1=CN=CC1. The molecule has 4 nitrogen and oxygen atoms in total. The van der Waals surface area contributed by atoms with E-state index in [0.29, 0.717) is 19.5 Å². The molecule has 0 aromatic carbocycles. The number of hydrogen-bond acceptors (Lipinski definition) is 3. The number of nitrogens with two attached hydrogens (primary N) is 1. The van der Waals surface area contributed by atoms with Crippen LogP contribution in [0.3, 0.4) is 0 Å². The Balaban J connectivity index is 2.20. The van der Waals surface area contributed by atoms with Crippen LogP contribution in [-0.4, -0.2) is 25.2 Å². The molecule has 0 atom stereocenters. The van der Waals surface area contributed by atoms with E-state index in [0.717, 1.165) is 12.0 Å². The molecule has 0 fully saturated rings. The summed E-state index contributed by atoms with van der Waals surface area (Å²) in [7, 11) is 0. The van der Waals surface area contributed by atoms with Crippen molar-refractivity contribution in [2.24, 2.45) is 10.7 Å². The van der Waals surface area contributed by atoms with Crippen LogP contribution in [0.25, 0.3) is 0 Å². The lowest BCUT2D eigenvalue weighted by Gasteiger charge is -2.02. The minimum Gasteiger partial charge on any atom is -0.352 e. The Morgan fingerprint density at radius 1 is 1.75 bits per heavy atom. The summed E-state index contributed by atoms with van der Waals surface area (Å²) in [6.45, 7) is 1.25. The summed E-state index contributed by atoms with van der Waals surface area (Å²) in [6.07, 6.45) is 4.78. The van der Waals surface area contributed by atoms with Gasteiger partial charge in [0, 0.05) is 31.0 Å². The lowest BCUT2D eigenvalue weighted by molar-refractivity contribution is -0.117. The van der Waals surface area contributed by atoms with Crippen LogP contribution in [0.2, 0.25) is 0 Å². The molecular formula is C8H13N3O. The normalized spacial score (nSPS) is 14.6. The number of rotatable bonds is 4. The Morgan fingerprint density at radius 2 is 2.58 bits per heavy atom. The predicted molar refractivity (Wildman–Crippen MR) is 47.9 cm³/mol. The maximum atomic E-state index is 11.2. The maximum absolute atomic E-state index is 11.2. The van der Waals surface area contributed by atoms with E-state index in [2.05, 4.69) is 10.3 Å². The molecule has 0 saturated heterocycles. The first-order chi connectivity index (χ1) is 5.84. The number of aliphatic imine (C=N–C) groups is 1. The third kappa shape index (κ3) is 2.47. The molecule has 66 valence electrons. The summed E-state index contributed by atoms with van der Waals surface area (Å²) < 4.78 is 0. The zero-order valence-corrected chi connectivity index (χ0v) is 6.92. The zero-order valence-electron chi connectivity index (χ0n) is 6.92. The van der Waals surface area contributed by atoms with Gasteiger partial charge in [-0.05, 0) is 13.0 Å². The van der Waals surface area contributed by atoms with Crippen LogP contribution in [-0.2, 0) is 4.79 Å². The van der Waals surface area contributed by atoms with E-state index in [9.17, 15) is 4.79 Å². The predicted octanol–water partition coefficient (Wildman–Crippen LogP) is -0.190. The Morgan fingerprint density at radius 3 is 3.17 bits per heavy atom. The molecule has 0 unspecified atom stereocenters. The molecule has 1 heterocycles. The fourth-order valence-corrected chi connectivity index (χ4v) is 0.915. The number of carbonyl (C=O) groups excluding carboxylic acids is 1. The van der Waals surface area contributed by atoms with E-state index in [-0.39, 0.29) is 5.91 Å². The first kappa shape index (κ1) is 8.93. The Labute approximate surface area is 71.5 Å². The molecule has 1 aliphatic heterocycles. The fraction of sp³-hybridized carbons (Fsp3) is 0.500. The molecule has 0 aliphatic carbocycles. The van der Waals surface area contributed by atoms with Crippen LogP contribution >= 0.6 is 0 Å². The topological polar surface area (TPSA) is 67.5 Å². The van der Waals surface area contributed by atoms with Gasteiger partial charge in [-0.2, -0.15) is 0 Å².